The number of hydrogen-bond donors (Lipinski definition) is 2. The maximum Gasteiger partial charge on any atom is 0.0294 e. The van der Waals surface area contributed by atoms with Crippen molar-refractivity contribution >= 4 is 11.8 Å². The molecule has 16 heavy (non-hydrogen) atoms. The van der Waals surface area contributed by atoms with Gasteiger partial charge in [-0.1, -0.05) is 25.5 Å². The van der Waals surface area contributed by atoms with Crippen molar-refractivity contribution in [2.45, 2.75) is 37.1 Å². The van der Waals surface area contributed by atoms with Gasteiger partial charge in [0.2, 0.25) is 0 Å². The van der Waals surface area contributed by atoms with Crippen LogP contribution in [-0.4, -0.2) is 12.3 Å². The van der Waals surface area contributed by atoms with Crippen molar-refractivity contribution in [2.24, 2.45) is 11.5 Å². The van der Waals surface area contributed by atoms with E-state index >= 15 is 0 Å². The Balaban J connectivity index is 2.46. The molecular formula is C13H22N2S. The molecule has 0 aliphatic carbocycles. The summed E-state index contributed by atoms with van der Waals surface area (Å²) in [7, 11) is 0. The van der Waals surface area contributed by atoms with Crippen molar-refractivity contribution in [3.63, 3.8) is 0 Å². The van der Waals surface area contributed by atoms with E-state index in [-0.39, 0.29) is 6.04 Å². The molecule has 0 aromatic heterocycles. The fourth-order valence-corrected chi connectivity index (χ4v) is 2.32. The lowest BCUT2D eigenvalue weighted by Gasteiger charge is -2.12. The summed E-state index contributed by atoms with van der Waals surface area (Å²) in [6.07, 6.45) is 3.21. The van der Waals surface area contributed by atoms with Gasteiger partial charge in [-0.2, -0.15) is 0 Å². The Labute approximate surface area is 103 Å². The molecule has 0 fully saturated rings. The van der Waals surface area contributed by atoms with Crippen LogP contribution in [0.1, 0.15) is 37.8 Å². The molecule has 0 saturated heterocycles. The van der Waals surface area contributed by atoms with E-state index in [0.29, 0.717) is 0 Å². The smallest absolute Gasteiger partial charge is 0.0294 e. The average molecular weight is 238 g/mol. The van der Waals surface area contributed by atoms with Gasteiger partial charge in [0.1, 0.15) is 0 Å². The highest BCUT2D eigenvalue weighted by Crippen LogP contribution is 2.22. The summed E-state index contributed by atoms with van der Waals surface area (Å²) < 4.78 is 0. The molecule has 0 radical (unpaired) electrons. The highest BCUT2D eigenvalue weighted by atomic mass is 32.2. The Morgan fingerprint density at radius 3 is 2.44 bits per heavy atom. The molecule has 0 amide bonds. The van der Waals surface area contributed by atoms with Crippen LogP contribution in [-0.2, 0) is 0 Å². The number of thioether (sulfide) groups is 1. The van der Waals surface area contributed by atoms with Crippen LogP contribution in [0.15, 0.2) is 29.2 Å². The Hall–Kier alpha value is -0.510. The maximum atomic E-state index is 6.11. The van der Waals surface area contributed by atoms with Crippen molar-refractivity contribution in [2.75, 3.05) is 12.3 Å². The minimum absolute atomic E-state index is 0.159. The lowest BCUT2D eigenvalue weighted by Crippen LogP contribution is -2.10. The third-order valence-corrected chi connectivity index (χ3v) is 3.48. The van der Waals surface area contributed by atoms with Gasteiger partial charge < -0.3 is 11.5 Å². The molecule has 0 spiro atoms. The molecule has 0 bridgehead atoms. The largest absolute Gasteiger partial charge is 0.330 e. The van der Waals surface area contributed by atoms with Gasteiger partial charge in [-0.25, -0.2) is 0 Å². The molecule has 1 rings (SSSR count). The first-order valence-corrected chi connectivity index (χ1v) is 6.95. The van der Waals surface area contributed by atoms with Gasteiger partial charge in [-0.15, -0.1) is 11.8 Å². The fraction of sp³-hybridized carbons (Fsp3) is 0.538. The molecule has 0 aliphatic heterocycles. The van der Waals surface area contributed by atoms with Gasteiger partial charge in [0.05, 0.1) is 0 Å². The molecular weight excluding hydrogens is 216 g/mol. The molecule has 4 N–H and O–H groups in total. The minimum Gasteiger partial charge on any atom is -0.330 e. The summed E-state index contributed by atoms with van der Waals surface area (Å²) in [5, 5.41) is 0. The minimum atomic E-state index is 0.159. The second-order valence-corrected chi connectivity index (χ2v) is 5.23. The van der Waals surface area contributed by atoms with Crippen molar-refractivity contribution in [1.82, 2.24) is 0 Å². The summed E-state index contributed by atoms with van der Waals surface area (Å²) >= 11 is 1.86. The Morgan fingerprint density at radius 2 is 1.88 bits per heavy atom. The third kappa shape index (κ3) is 4.56. The van der Waals surface area contributed by atoms with Crippen molar-refractivity contribution in [1.29, 1.82) is 0 Å². The highest BCUT2D eigenvalue weighted by Gasteiger charge is 2.05. The molecule has 1 aromatic carbocycles. The topological polar surface area (TPSA) is 52.0 Å². The predicted octanol–water partition coefficient (Wildman–Crippen LogP) is 2.93. The van der Waals surface area contributed by atoms with E-state index in [0.717, 1.165) is 31.6 Å². The number of hydrogen-bond acceptors (Lipinski definition) is 3. The Kier molecular flexibility index (Phi) is 6.53. The van der Waals surface area contributed by atoms with Crippen molar-refractivity contribution in [3.05, 3.63) is 29.8 Å². The Morgan fingerprint density at radius 1 is 1.19 bits per heavy atom. The first-order valence-electron chi connectivity index (χ1n) is 5.96. The second-order valence-electron chi connectivity index (χ2n) is 3.89. The van der Waals surface area contributed by atoms with Crippen LogP contribution < -0.4 is 11.5 Å². The summed E-state index contributed by atoms with van der Waals surface area (Å²) in [5.41, 5.74) is 12.8. The molecule has 0 saturated carbocycles. The van der Waals surface area contributed by atoms with Crippen LogP contribution in [0.2, 0.25) is 0 Å². The molecule has 0 unspecified atom stereocenters. The third-order valence-electron chi connectivity index (χ3n) is 2.59. The van der Waals surface area contributed by atoms with Crippen molar-refractivity contribution in [3.8, 4) is 0 Å². The second kappa shape index (κ2) is 7.71. The van der Waals surface area contributed by atoms with Crippen LogP contribution in [0.25, 0.3) is 0 Å². The standard InChI is InChI=1S/C13H22N2S/c1-2-16-12-8-6-11(7-9-12)13(15)5-3-4-10-14/h6-9,13H,2-5,10,14-15H2,1H3/t13-/m0/s1. The van der Waals surface area contributed by atoms with E-state index in [4.69, 9.17) is 11.5 Å². The maximum absolute atomic E-state index is 6.11. The van der Waals surface area contributed by atoms with E-state index in [1.165, 1.54) is 10.5 Å². The van der Waals surface area contributed by atoms with E-state index < -0.39 is 0 Å². The zero-order valence-electron chi connectivity index (χ0n) is 9.99. The molecule has 3 heteroatoms. The van der Waals surface area contributed by atoms with Gasteiger partial charge in [0.15, 0.2) is 0 Å². The SMILES string of the molecule is CCSc1ccc([C@@H](N)CCCCN)cc1. The van der Waals surface area contributed by atoms with E-state index in [2.05, 4.69) is 31.2 Å². The van der Waals surface area contributed by atoms with Gasteiger partial charge in [0.25, 0.3) is 0 Å². The van der Waals surface area contributed by atoms with Crippen molar-refractivity contribution < 1.29 is 0 Å². The molecule has 0 heterocycles. The average Bonchev–Trinajstić information content (AvgIpc) is 2.30. The molecule has 2 nitrogen and oxygen atoms in total. The first-order chi connectivity index (χ1) is 7.77. The molecule has 0 aliphatic rings. The zero-order valence-corrected chi connectivity index (χ0v) is 10.8. The normalized spacial score (nSPS) is 12.7. The predicted molar refractivity (Wildman–Crippen MR) is 72.7 cm³/mol. The van der Waals surface area contributed by atoms with Crippen LogP contribution in [0, 0.1) is 0 Å². The first kappa shape index (κ1) is 13.6. The quantitative estimate of drug-likeness (QED) is 0.567. The van der Waals surface area contributed by atoms with Gasteiger partial charge in [0, 0.05) is 10.9 Å². The number of unbranched alkanes of at least 4 members (excludes halogenated alkanes) is 1. The van der Waals surface area contributed by atoms with Crippen LogP contribution in [0.5, 0.6) is 0 Å². The van der Waals surface area contributed by atoms with Gasteiger partial charge in [-0.05, 0) is 42.8 Å². The summed E-state index contributed by atoms with van der Waals surface area (Å²) in [4.78, 5) is 1.32. The molecule has 1 aromatic rings. The van der Waals surface area contributed by atoms with Crippen LogP contribution in [0.4, 0.5) is 0 Å². The van der Waals surface area contributed by atoms with E-state index in [1.807, 2.05) is 11.8 Å². The molecule has 90 valence electrons. The van der Waals surface area contributed by atoms with Crippen LogP contribution in [0.3, 0.4) is 0 Å². The van der Waals surface area contributed by atoms with Gasteiger partial charge in [-0.3, -0.25) is 0 Å². The lowest BCUT2D eigenvalue weighted by atomic mass is 10.0. The lowest BCUT2D eigenvalue weighted by molar-refractivity contribution is 0.591. The Bertz CT molecular complexity index is 284. The van der Waals surface area contributed by atoms with E-state index in [1.54, 1.807) is 0 Å². The van der Waals surface area contributed by atoms with E-state index in [9.17, 15) is 0 Å². The summed E-state index contributed by atoms with van der Waals surface area (Å²) in [6, 6.07) is 8.77. The fourth-order valence-electron chi connectivity index (χ4n) is 1.65. The van der Waals surface area contributed by atoms with Crippen LogP contribution >= 0.6 is 11.8 Å². The highest BCUT2D eigenvalue weighted by molar-refractivity contribution is 7.99. The number of rotatable bonds is 7. The summed E-state index contributed by atoms with van der Waals surface area (Å²) in [6.45, 7) is 2.93. The van der Waals surface area contributed by atoms with Gasteiger partial charge >= 0.3 is 0 Å². The number of benzene rings is 1. The number of nitrogens with two attached hydrogens (primary N) is 2. The summed E-state index contributed by atoms with van der Waals surface area (Å²) in [5.74, 6) is 1.11. The molecule has 1 atom stereocenters. The zero-order chi connectivity index (χ0) is 11.8. The monoisotopic (exact) mass is 238 g/mol.